The number of aliphatic hydroxyl groups is 1. The lowest BCUT2D eigenvalue weighted by Crippen LogP contribution is -2.25. The molecule has 0 atom stereocenters. The molecule has 3 aromatic rings. The summed E-state index contributed by atoms with van der Waals surface area (Å²) in [5, 5.41) is 22.3. The van der Waals surface area contributed by atoms with Crippen LogP contribution in [0.3, 0.4) is 0 Å². The first-order chi connectivity index (χ1) is 15.2. The molecule has 3 aromatic carbocycles. The number of rotatable bonds is 7. The van der Waals surface area contributed by atoms with Crippen LogP contribution < -0.4 is 10.1 Å². The molecule has 0 aliphatic rings. The summed E-state index contributed by atoms with van der Waals surface area (Å²) in [5.74, 6) is -1.47. The molecule has 1 amide bonds. The van der Waals surface area contributed by atoms with Crippen LogP contribution in [0.4, 0.5) is 5.69 Å². The van der Waals surface area contributed by atoms with E-state index in [4.69, 9.17) is 56.2 Å². The number of hydrogen-bond donors (Lipinski definition) is 3. The number of carbonyl (C=O) groups is 2. The van der Waals surface area contributed by atoms with Gasteiger partial charge in [-0.2, -0.15) is 0 Å². The van der Waals surface area contributed by atoms with E-state index in [0.717, 1.165) is 5.56 Å². The Bertz CT molecular complexity index is 1180. The molecule has 0 fully saturated rings. The van der Waals surface area contributed by atoms with Crippen LogP contribution in [0.1, 0.15) is 11.1 Å². The van der Waals surface area contributed by atoms with E-state index < -0.39 is 18.3 Å². The lowest BCUT2D eigenvalue weighted by Gasteiger charge is -2.14. The van der Waals surface area contributed by atoms with Gasteiger partial charge in [0.05, 0.1) is 20.1 Å². The minimum atomic E-state index is -1.00. The van der Waals surface area contributed by atoms with Crippen LogP contribution in [0.25, 0.3) is 0 Å². The van der Waals surface area contributed by atoms with E-state index in [1.807, 2.05) is 0 Å². The van der Waals surface area contributed by atoms with Crippen molar-refractivity contribution in [2.75, 3.05) is 11.9 Å². The van der Waals surface area contributed by atoms with Gasteiger partial charge in [0.1, 0.15) is 18.1 Å². The third-order valence-corrected chi connectivity index (χ3v) is 5.60. The second-order valence-corrected chi connectivity index (χ2v) is 8.25. The van der Waals surface area contributed by atoms with Crippen molar-refractivity contribution in [2.45, 2.75) is 6.42 Å². The number of aliphatic hydroxyl groups excluding tert-OH is 1. The maximum Gasteiger partial charge on any atom is 0.294 e. The molecule has 0 saturated carbocycles. The van der Waals surface area contributed by atoms with Gasteiger partial charge in [0.25, 0.3) is 5.91 Å². The molecule has 0 aromatic heterocycles. The van der Waals surface area contributed by atoms with Gasteiger partial charge < -0.3 is 20.3 Å². The summed E-state index contributed by atoms with van der Waals surface area (Å²) < 4.78 is 5.80. The second-order valence-electron chi connectivity index (χ2n) is 6.62. The van der Waals surface area contributed by atoms with E-state index in [0.29, 0.717) is 27.8 Å². The average molecular weight is 515 g/mol. The number of hydrogen-bond acceptors (Lipinski definition) is 5. The van der Waals surface area contributed by atoms with E-state index in [1.165, 1.54) is 24.3 Å². The highest BCUT2D eigenvalue weighted by molar-refractivity contribution is 6.42. The van der Waals surface area contributed by atoms with Gasteiger partial charge in [-0.15, -0.1) is 0 Å². The van der Waals surface area contributed by atoms with Crippen LogP contribution in [0.2, 0.25) is 20.1 Å². The molecule has 32 heavy (non-hydrogen) atoms. The summed E-state index contributed by atoms with van der Waals surface area (Å²) >= 11 is 24.5. The highest BCUT2D eigenvalue weighted by Crippen LogP contribution is 2.40. The van der Waals surface area contributed by atoms with Gasteiger partial charge in [-0.3, -0.25) is 9.59 Å². The number of phenolic OH excluding ortho intramolecular Hbond substituents is 1. The van der Waals surface area contributed by atoms with Gasteiger partial charge in [-0.1, -0.05) is 52.5 Å². The molecule has 0 bridgehead atoms. The van der Waals surface area contributed by atoms with Gasteiger partial charge >= 0.3 is 0 Å². The Morgan fingerprint density at radius 3 is 2.19 bits per heavy atom. The predicted molar refractivity (Wildman–Crippen MR) is 125 cm³/mol. The van der Waals surface area contributed by atoms with E-state index in [1.54, 1.807) is 24.3 Å². The number of nitrogens with one attached hydrogen (secondary N) is 1. The topological polar surface area (TPSA) is 95.9 Å². The van der Waals surface area contributed by atoms with Gasteiger partial charge in [-0.05, 0) is 48.0 Å². The maximum atomic E-state index is 11.6. The highest BCUT2D eigenvalue weighted by atomic mass is 35.5. The van der Waals surface area contributed by atoms with E-state index in [-0.39, 0.29) is 27.2 Å². The molecule has 3 rings (SSSR count). The van der Waals surface area contributed by atoms with E-state index in [9.17, 15) is 14.7 Å². The van der Waals surface area contributed by atoms with Crippen LogP contribution in [-0.4, -0.2) is 28.5 Å². The number of anilines is 1. The number of benzene rings is 3. The lowest BCUT2D eigenvalue weighted by atomic mass is 10.0. The predicted octanol–water partition coefficient (Wildman–Crippen LogP) is 5.89. The van der Waals surface area contributed by atoms with Gasteiger partial charge in [0, 0.05) is 17.7 Å². The minimum absolute atomic E-state index is 0.0622. The quantitative estimate of drug-likeness (QED) is 0.342. The fourth-order valence-corrected chi connectivity index (χ4v) is 3.64. The number of Topliss-reactive ketones (excluding diaryl/α,β-unsaturated/α-hetero) is 1. The van der Waals surface area contributed by atoms with Crippen molar-refractivity contribution in [1.29, 1.82) is 0 Å². The number of halogens is 4. The maximum absolute atomic E-state index is 11.6. The molecule has 6 nitrogen and oxygen atoms in total. The zero-order valence-corrected chi connectivity index (χ0v) is 19.2. The molecule has 0 radical (unpaired) electrons. The third kappa shape index (κ3) is 5.85. The molecular formula is C22H15Cl4NO5. The first-order valence-corrected chi connectivity index (χ1v) is 10.6. The largest absolute Gasteiger partial charge is 0.508 e. The third-order valence-electron chi connectivity index (χ3n) is 4.30. The van der Waals surface area contributed by atoms with Gasteiger partial charge in [0.15, 0.2) is 5.75 Å². The number of ether oxygens (including phenoxy) is 1. The molecule has 0 spiro atoms. The standard InChI is InChI=1S/C22H15Cl4NO5/c23-15-3-1-11(6-16(15)24)5-12-7-14(2-4-19(12)29)32-21-17(25)8-13(9-18(21)26)27-22(31)20(30)10-28/h1-4,6-9,28-29H,5,10H2,(H,27,31). The normalized spacial score (nSPS) is 10.7. The Balaban J connectivity index is 1.82. The van der Waals surface area contributed by atoms with Crippen molar-refractivity contribution in [3.63, 3.8) is 0 Å². The fourth-order valence-electron chi connectivity index (χ4n) is 2.76. The number of phenols is 1. The summed E-state index contributed by atoms with van der Waals surface area (Å²) in [6, 6.07) is 12.5. The summed E-state index contributed by atoms with van der Waals surface area (Å²) in [7, 11) is 0. The Labute approximate surface area is 203 Å². The molecule has 166 valence electrons. The fraction of sp³-hybridized carbons (Fsp3) is 0.0909. The first-order valence-electron chi connectivity index (χ1n) is 9.05. The van der Waals surface area contributed by atoms with Gasteiger partial charge in [-0.25, -0.2) is 0 Å². The molecule has 0 unspecified atom stereocenters. The average Bonchev–Trinajstić information content (AvgIpc) is 2.75. The number of carbonyl (C=O) groups excluding carboxylic acids is 2. The lowest BCUT2D eigenvalue weighted by molar-refractivity contribution is -0.136. The van der Waals surface area contributed by atoms with E-state index >= 15 is 0 Å². The second kappa shape index (κ2) is 10.4. The zero-order valence-electron chi connectivity index (χ0n) is 16.2. The first kappa shape index (κ1) is 24.2. The van der Waals surface area contributed by atoms with Crippen LogP contribution in [0.15, 0.2) is 48.5 Å². The minimum Gasteiger partial charge on any atom is -0.508 e. The van der Waals surface area contributed by atoms with Crippen molar-refractivity contribution >= 4 is 63.8 Å². The van der Waals surface area contributed by atoms with Crippen LogP contribution in [0, 0.1) is 0 Å². The molecule has 3 N–H and O–H groups in total. The monoisotopic (exact) mass is 513 g/mol. The molecule has 0 aliphatic carbocycles. The number of amides is 1. The Kier molecular flexibility index (Phi) is 7.87. The highest BCUT2D eigenvalue weighted by Gasteiger charge is 2.16. The molecular weight excluding hydrogens is 500 g/mol. The van der Waals surface area contributed by atoms with Crippen molar-refractivity contribution in [3.05, 3.63) is 79.7 Å². The summed E-state index contributed by atoms with van der Waals surface area (Å²) in [5.41, 5.74) is 1.56. The Morgan fingerprint density at radius 1 is 0.875 bits per heavy atom. The number of aromatic hydroxyl groups is 1. The van der Waals surface area contributed by atoms with Crippen molar-refractivity contribution < 1.29 is 24.5 Å². The number of ketones is 1. The molecule has 0 aliphatic heterocycles. The van der Waals surface area contributed by atoms with Crippen molar-refractivity contribution in [2.24, 2.45) is 0 Å². The molecule has 10 heteroatoms. The summed E-state index contributed by atoms with van der Waals surface area (Å²) in [6.45, 7) is -0.917. The summed E-state index contributed by atoms with van der Waals surface area (Å²) in [4.78, 5) is 22.9. The Hall–Kier alpha value is -2.48. The Morgan fingerprint density at radius 2 is 1.56 bits per heavy atom. The SMILES string of the molecule is O=C(CO)C(=O)Nc1cc(Cl)c(Oc2ccc(O)c(Cc3ccc(Cl)c(Cl)c3)c2)c(Cl)c1. The molecule has 0 saturated heterocycles. The van der Waals surface area contributed by atoms with Crippen LogP contribution >= 0.6 is 46.4 Å². The zero-order chi connectivity index (χ0) is 23.4. The van der Waals surface area contributed by atoms with Crippen molar-refractivity contribution in [3.8, 4) is 17.2 Å². The van der Waals surface area contributed by atoms with Crippen LogP contribution in [-0.2, 0) is 16.0 Å². The van der Waals surface area contributed by atoms with Crippen molar-refractivity contribution in [1.82, 2.24) is 0 Å². The van der Waals surface area contributed by atoms with E-state index in [2.05, 4.69) is 5.32 Å². The summed E-state index contributed by atoms with van der Waals surface area (Å²) in [6.07, 6.45) is 0.366. The molecule has 0 heterocycles. The van der Waals surface area contributed by atoms with Crippen LogP contribution in [0.5, 0.6) is 17.2 Å². The smallest absolute Gasteiger partial charge is 0.294 e. The van der Waals surface area contributed by atoms with Gasteiger partial charge in [0.2, 0.25) is 5.78 Å².